The Bertz CT molecular complexity index is 1250. The fraction of sp³-hybridized carbons (Fsp3) is 0.772. The van der Waals surface area contributed by atoms with Crippen molar-refractivity contribution < 1.29 is 34.8 Å². The van der Waals surface area contributed by atoms with Crippen molar-refractivity contribution in [2.75, 3.05) is 0 Å². The summed E-state index contributed by atoms with van der Waals surface area (Å²) in [4.78, 5) is 41.3. The van der Waals surface area contributed by atoms with Crippen molar-refractivity contribution in [1.29, 1.82) is 0 Å². The third kappa shape index (κ3) is 34.8. The van der Waals surface area contributed by atoms with E-state index >= 15 is 0 Å². The van der Waals surface area contributed by atoms with Crippen LogP contribution in [0.3, 0.4) is 0 Å². The van der Waals surface area contributed by atoms with Crippen LogP contribution in [0.2, 0.25) is 0 Å². The van der Waals surface area contributed by atoms with Gasteiger partial charge in [-0.25, -0.2) is 0 Å². The summed E-state index contributed by atoms with van der Waals surface area (Å²) in [6.07, 6.45) is 54.5. The van der Waals surface area contributed by atoms with Gasteiger partial charge in [-0.3, -0.25) is 14.4 Å². The Hall–Kier alpha value is -2.45. The molecule has 0 radical (unpaired) electrons. The maximum Gasteiger partial charge on any atom is 0.296 e. The van der Waals surface area contributed by atoms with Crippen LogP contribution in [0.15, 0.2) is 60.8 Å². The zero-order chi connectivity index (χ0) is 47.3. The molecule has 7 heteroatoms. The minimum Gasteiger partial charge on any atom is -0.393 e. The zero-order valence-corrected chi connectivity index (χ0v) is 41.7. The minimum atomic E-state index is -3.63. The van der Waals surface area contributed by atoms with E-state index in [1.54, 1.807) is 0 Å². The molecule has 370 valence electrons. The van der Waals surface area contributed by atoms with Crippen molar-refractivity contribution in [3.05, 3.63) is 60.8 Å². The number of ketones is 3. The van der Waals surface area contributed by atoms with Gasteiger partial charge in [0.1, 0.15) is 5.78 Å². The summed E-state index contributed by atoms with van der Waals surface area (Å²) in [7, 11) is 0. The van der Waals surface area contributed by atoms with Crippen LogP contribution in [-0.2, 0) is 14.4 Å². The summed E-state index contributed by atoms with van der Waals surface area (Å²) < 4.78 is 0. The Morgan fingerprint density at radius 1 is 0.406 bits per heavy atom. The van der Waals surface area contributed by atoms with Gasteiger partial charge in [0.15, 0.2) is 17.0 Å². The van der Waals surface area contributed by atoms with Gasteiger partial charge in [0.05, 0.1) is 6.10 Å². The molecule has 2 unspecified atom stereocenters. The van der Waals surface area contributed by atoms with Crippen molar-refractivity contribution in [3.8, 4) is 0 Å². The molecule has 0 rings (SSSR count). The lowest BCUT2D eigenvalue weighted by atomic mass is 9.69. The van der Waals surface area contributed by atoms with Gasteiger partial charge < -0.3 is 20.4 Å². The molecule has 0 saturated carbocycles. The first-order chi connectivity index (χ1) is 31.1. The quantitative estimate of drug-likeness (QED) is 0.0207. The topological polar surface area (TPSA) is 132 Å². The van der Waals surface area contributed by atoms with E-state index in [1.807, 2.05) is 0 Å². The molecule has 0 aromatic carbocycles. The average Bonchev–Trinajstić information content (AvgIpc) is 3.26. The zero-order valence-electron chi connectivity index (χ0n) is 41.7. The molecule has 0 saturated heterocycles. The van der Waals surface area contributed by atoms with Crippen LogP contribution in [0.1, 0.15) is 265 Å². The largest absolute Gasteiger partial charge is 0.393 e. The van der Waals surface area contributed by atoms with Gasteiger partial charge in [0, 0.05) is 25.7 Å². The van der Waals surface area contributed by atoms with Crippen LogP contribution in [0.25, 0.3) is 0 Å². The number of hydrogen-bond acceptors (Lipinski definition) is 7. The molecule has 0 aliphatic carbocycles. The van der Waals surface area contributed by atoms with Crippen LogP contribution < -0.4 is 0 Å². The number of carbonyl (C=O) groups excluding carboxylic acids is 3. The number of hydrogen-bond donors (Lipinski definition) is 4. The Kier molecular flexibility index (Phi) is 42.7. The summed E-state index contributed by atoms with van der Waals surface area (Å²) in [5, 5.41) is 42.6. The van der Waals surface area contributed by atoms with E-state index in [1.165, 1.54) is 57.8 Å². The van der Waals surface area contributed by atoms with Crippen molar-refractivity contribution in [1.82, 2.24) is 0 Å². The van der Waals surface area contributed by atoms with Crippen molar-refractivity contribution in [2.45, 2.75) is 277 Å². The smallest absolute Gasteiger partial charge is 0.296 e. The van der Waals surface area contributed by atoms with Crippen LogP contribution in [0, 0.1) is 5.41 Å². The predicted molar refractivity (Wildman–Crippen MR) is 271 cm³/mol. The maximum atomic E-state index is 13.9. The van der Waals surface area contributed by atoms with Gasteiger partial charge in [0.2, 0.25) is 0 Å². The molecule has 0 aromatic rings. The van der Waals surface area contributed by atoms with Crippen LogP contribution >= 0.6 is 0 Å². The van der Waals surface area contributed by atoms with Gasteiger partial charge >= 0.3 is 0 Å². The van der Waals surface area contributed by atoms with Gasteiger partial charge in [-0.05, 0) is 109 Å². The first-order valence-corrected chi connectivity index (χ1v) is 26.7. The number of carbonyl (C=O) groups is 3. The predicted octanol–water partition coefficient (Wildman–Crippen LogP) is 15.3. The maximum absolute atomic E-state index is 13.9. The Balaban J connectivity index is 5.06. The number of aliphatic hydroxyl groups is 4. The fourth-order valence-electron chi connectivity index (χ4n) is 8.26. The Morgan fingerprint density at radius 2 is 0.734 bits per heavy atom. The molecule has 0 amide bonds. The third-order valence-corrected chi connectivity index (χ3v) is 12.5. The molecule has 2 atom stereocenters. The van der Waals surface area contributed by atoms with E-state index < -0.39 is 35.2 Å². The summed E-state index contributed by atoms with van der Waals surface area (Å²) in [6, 6.07) is 0. The second kappa shape index (κ2) is 44.4. The summed E-state index contributed by atoms with van der Waals surface area (Å²) >= 11 is 0. The Labute approximate surface area is 393 Å². The molecule has 7 nitrogen and oxygen atoms in total. The van der Waals surface area contributed by atoms with Crippen LogP contribution in [0.5, 0.6) is 0 Å². The molecule has 0 fully saturated rings. The SMILES string of the molecule is CCCCC/C=C\C/C=C\CCCCCCCC(=O)CC(C(=O)CCCCCCC/C=C\C/C=C\CCCCC)(C(=O)CCCCCCCCC(O)C/C=C\CCCCC)C(O)(O)O. The standard InChI is InChI=1S/C57H100O7/c1-4-7-10-13-16-18-20-22-24-26-28-30-32-38-43-48-53(59)51-56(57(62,63)64,54(60)49-44-39-33-31-29-27-25-23-21-19-17-14-11-8-5-2)55(61)50-45-40-35-34-37-42-47-52(58)46-41-36-15-12-9-6-3/h16-19,22-25,36,41,52,58,62-64H,4-15,20-21,26-35,37-40,42-51H2,1-3H3/b18-16-,19-17-,24-22-,25-23-,41-36-. The van der Waals surface area contributed by atoms with E-state index in [9.17, 15) is 34.8 Å². The molecule has 0 aliphatic heterocycles. The fourth-order valence-corrected chi connectivity index (χ4v) is 8.26. The van der Waals surface area contributed by atoms with E-state index in [2.05, 4.69) is 81.5 Å². The average molecular weight is 897 g/mol. The van der Waals surface area contributed by atoms with Crippen LogP contribution in [-0.4, -0.2) is 49.9 Å². The first kappa shape index (κ1) is 61.5. The monoisotopic (exact) mass is 897 g/mol. The van der Waals surface area contributed by atoms with Crippen molar-refractivity contribution in [3.63, 3.8) is 0 Å². The number of rotatable bonds is 48. The number of aliphatic hydroxyl groups excluding tert-OH is 1. The lowest BCUT2D eigenvalue weighted by Gasteiger charge is -2.37. The second-order valence-electron chi connectivity index (χ2n) is 18.6. The molecule has 4 N–H and O–H groups in total. The molecular weight excluding hydrogens is 797 g/mol. The highest BCUT2D eigenvalue weighted by Crippen LogP contribution is 2.39. The van der Waals surface area contributed by atoms with E-state index in [4.69, 9.17) is 0 Å². The molecule has 0 heterocycles. The molecule has 0 aromatic heterocycles. The van der Waals surface area contributed by atoms with Crippen molar-refractivity contribution >= 4 is 17.3 Å². The minimum absolute atomic E-state index is 0.100. The van der Waals surface area contributed by atoms with Crippen LogP contribution in [0.4, 0.5) is 0 Å². The van der Waals surface area contributed by atoms with Gasteiger partial charge in [0.25, 0.3) is 5.97 Å². The third-order valence-electron chi connectivity index (χ3n) is 12.5. The second-order valence-corrected chi connectivity index (χ2v) is 18.6. The highest BCUT2D eigenvalue weighted by atomic mass is 16.7. The molecule has 0 spiro atoms. The lowest BCUT2D eigenvalue weighted by molar-refractivity contribution is -0.354. The molecule has 0 aliphatic rings. The lowest BCUT2D eigenvalue weighted by Crippen LogP contribution is -2.59. The highest BCUT2D eigenvalue weighted by Gasteiger charge is 2.60. The first-order valence-electron chi connectivity index (χ1n) is 26.7. The Morgan fingerprint density at radius 3 is 1.12 bits per heavy atom. The molecular formula is C57H100O7. The normalized spacial score (nSPS) is 14.0. The highest BCUT2D eigenvalue weighted by molar-refractivity contribution is 6.10. The van der Waals surface area contributed by atoms with Gasteiger partial charge in [-0.2, -0.15) is 0 Å². The molecule has 64 heavy (non-hydrogen) atoms. The van der Waals surface area contributed by atoms with E-state index in [0.717, 1.165) is 128 Å². The van der Waals surface area contributed by atoms with Crippen molar-refractivity contribution in [2.24, 2.45) is 5.41 Å². The summed E-state index contributed by atoms with van der Waals surface area (Å²) in [5.74, 6) is -5.54. The van der Waals surface area contributed by atoms with Gasteiger partial charge in [-0.1, -0.05) is 191 Å². The van der Waals surface area contributed by atoms with Gasteiger partial charge in [-0.15, -0.1) is 0 Å². The summed E-state index contributed by atoms with van der Waals surface area (Å²) in [5.41, 5.74) is -2.59. The summed E-state index contributed by atoms with van der Waals surface area (Å²) in [6.45, 7) is 6.63. The van der Waals surface area contributed by atoms with E-state index in [-0.39, 0.29) is 25.4 Å². The number of allylic oxidation sites excluding steroid dienone is 9. The number of unbranched alkanes of at least 4 members (excludes halogenated alkanes) is 24. The van der Waals surface area contributed by atoms with E-state index in [0.29, 0.717) is 32.1 Å². The molecule has 0 bridgehead atoms. The number of Topliss-reactive ketones (excluding diaryl/α,β-unsaturated/α-hetero) is 3.